The van der Waals surface area contributed by atoms with Gasteiger partial charge in [0.05, 0.1) is 11.0 Å². The maximum atomic E-state index is 4.85. The number of benzene rings is 5. The first-order valence-electron chi connectivity index (χ1n) is 9.52. The third kappa shape index (κ3) is 1.64. The average molecular weight is 354 g/mol. The van der Waals surface area contributed by atoms with Gasteiger partial charge in [-0.3, -0.25) is 9.97 Å². The molecule has 0 amide bonds. The minimum Gasteiger partial charge on any atom is -0.256 e. The highest BCUT2D eigenvalue weighted by Gasteiger charge is 2.18. The van der Waals surface area contributed by atoms with Gasteiger partial charge in [0, 0.05) is 33.9 Å². The molecule has 2 heteroatoms. The standard InChI is InChI=1S/C26H14N2/c1-2-6-16-14-22-21(13-15(16)5-1)25-23-19(9-11-27-25)17-7-3-4-8-18(17)20-10-12-28-26(22)24(20)23/h1-14H. The molecule has 0 aliphatic heterocycles. The van der Waals surface area contributed by atoms with E-state index < -0.39 is 0 Å². The van der Waals surface area contributed by atoms with Gasteiger partial charge < -0.3 is 0 Å². The lowest BCUT2D eigenvalue weighted by atomic mass is 9.89. The molecule has 7 aromatic rings. The molecule has 5 aromatic carbocycles. The van der Waals surface area contributed by atoms with E-state index in [1.54, 1.807) is 0 Å². The van der Waals surface area contributed by atoms with Crippen molar-refractivity contribution < 1.29 is 0 Å². The van der Waals surface area contributed by atoms with Crippen LogP contribution in [0.5, 0.6) is 0 Å². The van der Waals surface area contributed by atoms with Crippen molar-refractivity contribution in [2.75, 3.05) is 0 Å². The summed E-state index contributed by atoms with van der Waals surface area (Å²) in [7, 11) is 0. The molecule has 0 radical (unpaired) electrons. The van der Waals surface area contributed by atoms with Crippen molar-refractivity contribution in [3.8, 4) is 0 Å². The fraction of sp³-hybridized carbons (Fsp3) is 0. The van der Waals surface area contributed by atoms with Crippen LogP contribution in [-0.2, 0) is 0 Å². The smallest absolute Gasteiger partial charge is 0.0794 e. The molecule has 0 bridgehead atoms. The lowest BCUT2D eigenvalue weighted by Crippen LogP contribution is -1.93. The SMILES string of the molecule is c1ccc2cc3c(cc2c1)c1nccc2c4ccccc4c4ccnc3c4c21. The maximum absolute atomic E-state index is 4.85. The fourth-order valence-electron chi connectivity index (χ4n) is 4.87. The van der Waals surface area contributed by atoms with E-state index >= 15 is 0 Å². The topological polar surface area (TPSA) is 25.8 Å². The lowest BCUT2D eigenvalue weighted by molar-refractivity contribution is 1.43. The summed E-state index contributed by atoms with van der Waals surface area (Å²) in [5, 5.41) is 12.3. The molecular weight excluding hydrogens is 340 g/mol. The second-order valence-corrected chi connectivity index (χ2v) is 7.45. The summed E-state index contributed by atoms with van der Waals surface area (Å²) < 4.78 is 0. The zero-order valence-corrected chi connectivity index (χ0v) is 15.0. The highest BCUT2D eigenvalue weighted by molar-refractivity contribution is 6.38. The molecular formula is C26H14N2. The van der Waals surface area contributed by atoms with Gasteiger partial charge in [-0.05, 0) is 56.6 Å². The van der Waals surface area contributed by atoms with Crippen molar-refractivity contribution in [1.82, 2.24) is 9.97 Å². The molecule has 0 N–H and O–H groups in total. The summed E-state index contributed by atoms with van der Waals surface area (Å²) in [6.07, 6.45) is 3.88. The molecule has 0 saturated carbocycles. The van der Waals surface area contributed by atoms with Crippen LogP contribution in [0.1, 0.15) is 0 Å². The molecule has 128 valence electrons. The first kappa shape index (κ1) is 14.3. The van der Waals surface area contributed by atoms with E-state index in [1.165, 1.54) is 53.9 Å². The number of pyridine rings is 2. The van der Waals surface area contributed by atoms with Crippen LogP contribution < -0.4 is 0 Å². The van der Waals surface area contributed by atoms with E-state index in [9.17, 15) is 0 Å². The summed E-state index contributed by atoms with van der Waals surface area (Å²) in [4.78, 5) is 9.69. The summed E-state index contributed by atoms with van der Waals surface area (Å²) in [5.74, 6) is 0. The average Bonchev–Trinajstić information content (AvgIpc) is 2.77. The molecule has 0 spiro atoms. The predicted octanol–water partition coefficient (Wildman–Crippen LogP) is 6.83. The van der Waals surface area contributed by atoms with Crippen LogP contribution in [0, 0.1) is 0 Å². The molecule has 0 atom stereocenters. The van der Waals surface area contributed by atoms with Crippen LogP contribution in [0.2, 0.25) is 0 Å². The second-order valence-electron chi connectivity index (χ2n) is 7.45. The molecule has 7 rings (SSSR count). The van der Waals surface area contributed by atoms with Crippen molar-refractivity contribution >= 4 is 64.9 Å². The first-order valence-corrected chi connectivity index (χ1v) is 9.52. The minimum atomic E-state index is 1.06. The molecule has 28 heavy (non-hydrogen) atoms. The van der Waals surface area contributed by atoms with Gasteiger partial charge in [-0.15, -0.1) is 0 Å². The predicted molar refractivity (Wildman–Crippen MR) is 118 cm³/mol. The second kappa shape index (κ2) is 4.93. The zero-order chi connectivity index (χ0) is 18.2. The lowest BCUT2D eigenvalue weighted by Gasteiger charge is -2.16. The van der Waals surface area contributed by atoms with Gasteiger partial charge in [0.25, 0.3) is 0 Å². The van der Waals surface area contributed by atoms with Crippen LogP contribution >= 0.6 is 0 Å². The first-order chi connectivity index (χ1) is 13.9. The summed E-state index contributed by atoms with van der Waals surface area (Å²) >= 11 is 0. The summed E-state index contributed by atoms with van der Waals surface area (Å²) in [5.41, 5.74) is 2.13. The van der Waals surface area contributed by atoms with Crippen LogP contribution in [-0.4, -0.2) is 9.97 Å². The Labute approximate surface area is 160 Å². The van der Waals surface area contributed by atoms with E-state index in [0.717, 1.165) is 11.0 Å². The van der Waals surface area contributed by atoms with Crippen molar-refractivity contribution in [2.45, 2.75) is 0 Å². The van der Waals surface area contributed by atoms with Gasteiger partial charge in [-0.25, -0.2) is 0 Å². The Bertz CT molecular complexity index is 1590. The van der Waals surface area contributed by atoms with Crippen LogP contribution in [0.4, 0.5) is 0 Å². The quantitative estimate of drug-likeness (QED) is 0.220. The Kier molecular flexibility index (Phi) is 2.52. The highest BCUT2D eigenvalue weighted by atomic mass is 14.7. The van der Waals surface area contributed by atoms with Crippen molar-refractivity contribution in [1.29, 1.82) is 0 Å². The third-order valence-electron chi connectivity index (χ3n) is 6.06. The number of rotatable bonds is 0. The number of aromatic nitrogens is 2. The van der Waals surface area contributed by atoms with Crippen LogP contribution in [0.3, 0.4) is 0 Å². The van der Waals surface area contributed by atoms with Crippen molar-refractivity contribution in [2.24, 2.45) is 0 Å². The Balaban J connectivity index is 1.92. The van der Waals surface area contributed by atoms with Gasteiger partial charge >= 0.3 is 0 Å². The Morgan fingerprint density at radius 2 is 0.893 bits per heavy atom. The Hall–Kier alpha value is -3.78. The van der Waals surface area contributed by atoms with Crippen molar-refractivity contribution in [3.63, 3.8) is 0 Å². The Morgan fingerprint density at radius 3 is 1.39 bits per heavy atom. The van der Waals surface area contributed by atoms with Gasteiger partial charge in [0.1, 0.15) is 0 Å². The van der Waals surface area contributed by atoms with Gasteiger partial charge in [-0.1, -0.05) is 48.5 Å². The molecule has 0 aliphatic carbocycles. The van der Waals surface area contributed by atoms with E-state index in [4.69, 9.17) is 9.97 Å². The van der Waals surface area contributed by atoms with E-state index in [0.29, 0.717) is 0 Å². The van der Waals surface area contributed by atoms with Gasteiger partial charge in [0.2, 0.25) is 0 Å². The molecule has 0 aliphatic rings. The van der Waals surface area contributed by atoms with Gasteiger partial charge in [-0.2, -0.15) is 0 Å². The van der Waals surface area contributed by atoms with Crippen LogP contribution in [0.15, 0.2) is 85.2 Å². The zero-order valence-electron chi connectivity index (χ0n) is 15.0. The molecule has 2 nitrogen and oxygen atoms in total. The maximum Gasteiger partial charge on any atom is 0.0794 e. The van der Waals surface area contributed by atoms with Gasteiger partial charge in [0.15, 0.2) is 0 Å². The van der Waals surface area contributed by atoms with E-state index in [-0.39, 0.29) is 0 Å². The Morgan fingerprint density at radius 1 is 0.429 bits per heavy atom. The van der Waals surface area contributed by atoms with E-state index in [2.05, 4.69) is 72.8 Å². The molecule has 0 unspecified atom stereocenters. The third-order valence-corrected chi connectivity index (χ3v) is 6.06. The number of hydrogen-bond donors (Lipinski definition) is 0. The van der Waals surface area contributed by atoms with E-state index in [1.807, 2.05) is 12.4 Å². The number of fused-ring (bicyclic) bond motifs is 7. The van der Waals surface area contributed by atoms with Crippen LogP contribution in [0.25, 0.3) is 64.9 Å². The number of hydrogen-bond acceptors (Lipinski definition) is 2. The monoisotopic (exact) mass is 354 g/mol. The molecule has 0 saturated heterocycles. The highest BCUT2D eigenvalue weighted by Crippen LogP contribution is 2.43. The molecule has 0 fully saturated rings. The summed E-state index contributed by atoms with van der Waals surface area (Å²) in [6, 6.07) is 26.0. The van der Waals surface area contributed by atoms with Crippen molar-refractivity contribution in [3.05, 3.63) is 85.2 Å². The largest absolute Gasteiger partial charge is 0.256 e. The molecule has 2 heterocycles. The molecule has 2 aromatic heterocycles. The summed E-state index contributed by atoms with van der Waals surface area (Å²) in [6.45, 7) is 0. The fourth-order valence-corrected chi connectivity index (χ4v) is 4.87. The minimum absolute atomic E-state index is 1.06. The normalized spacial score (nSPS) is 12.3. The number of nitrogens with zero attached hydrogens (tertiary/aromatic N) is 2.